The summed E-state index contributed by atoms with van der Waals surface area (Å²) in [5, 5.41) is 3.90. The van der Waals surface area contributed by atoms with Gasteiger partial charge in [-0.15, -0.1) is 0 Å². The molecule has 2 heterocycles. The van der Waals surface area contributed by atoms with Crippen LogP contribution in [0.15, 0.2) is 65.7 Å². The minimum absolute atomic E-state index is 0.0469. The van der Waals surface area contributed by atoms with Crippen LogP contribution in [0.1, 0.15) is 44.6 Å². The maximum atomic E-state index is 13.1. The second-order valence-corrected chi connectivity index (χ2v) is 10.9. The Balaban J connectivity index is 1.39. The maximum absolute atomic E-state index is 13.1. The first-order valence-corrected chi connectivity index (χ1v) is 13.3. The summed E-state index contributed by atoms with van der Waals surface area (Å²) < 4.78 is 29.7. The Kier molecular flexibility index (Phi) is 7.50. The number of fused-ring (bicyclic) bond motifs is 1. The molecule has 1 fully saturated rings. The maximum Gasteiger partial charge on any atom is 0.243 e. The molecule has 1 aliphatic heterocycles. The van der Waals surface area contributed by atoms with Crippen molar-refractivity contribution in [1.29, 1.82) is 0 Å². The highest BCUT2D eigenvalue weighted by Gasteiger charge is 2.25. The number of nitrogens with zero attached hydrogens (tertiary/aromatic N) is 2. The second kappa shape index (κ2) is 10.5. The summed E-state index contributed by atoms with van der Waals surface area (Å²) in [5.41, 5.74) is 2.12. The molecular weight excluding hydrogens is 434 g/mol. The molecule has 1 amide bonds. The van der Waals surface area contributed by atoms with Crippen molar-refractivity contribution in [2.75, 3.05) is 13.1 Å². The average Bonchev–Trinajstić information content (AvgIpc) is 3.01. The number of rotatable bonds is 8. The van der Waals surface area contributed by atoms with Gasteiger partial charge in [-0.1, -0.05) is 43.2 Å². The van der Waals surface area contributed by atoms with Crippen LogP contribution < -0.4 is 5.32 Å². The Morgan fingerprint density at radius 3 is 2.45 bits per heavy atom. The average molecular weight is 468 g/mol. The third kappa shape index (κ3) is 5.84. The van der Waals surface area contributed by atoms with Crippen molar-refractivity contribution in [3.05, 3.63) is 66.4 Å². The zero-order chi connectivity index (χ0) is 23.3. The van der Waals surface area contributed by atoms with Crippen LogP contribution in [0.5, 0.6) is 0 Å². The van der Waals surface area contributed by atoms with Crippen molar-refractivity contribution in [2.45, 2.75) is 62.9 Å². The molecule has 0 saturated carbocycles. The summed E-state index contributed by atoms with van der Waals surface area (Å²) in [4.78, 5) is 12.9. The van der Waals surface area contributed by atoms with Gasteiger partial charge in [-0.25, -0.2) is 8.42 Å². The SMILES string of the molecule is CC(CCc1ccccc1)NC(=O)Cn1ccc2cc(S(=O)(=O)N3CCCCCC3)ccc21. The van der Waals surface area contributed by atoms with E-state index >= 15 is 0 Å². The fourth-order valence-electron chi connectivity index (χ4n) is 4.48. The summed E-state index contributed by atoms with van der Waals surface area (Å²) in [6.07, 6.45) is 7.64. The Morgan fingerprint density at radius 2 is 1.73 bits per heavy atom. The summed E-state index contributed by atoms with van der Waals surface area (Å²) in [6, 6.07) is 17.4. The molecule has 1 aliphatic rings. The number of hydrogen-bond acceptors (Lipinski definition) is 3. The van der Waals surface area contributed by atoms with Gasteiger partial charge in [0.1, 0.15) is 6.54 Å². The van der Waals surface area contributed by atoms with Crippen LogP contribution >= 0.6 is 0 Å². The molecule has 0 aliphatic carbocycles. The second-order valence-electron chi connectivity index (χ2n) is 8.98. The van der Waals surface area contributed by atoms with Crippen LogP contribution in [-0.2, 0) is 27.8 Å². The molecule has 1 saturated heterocycles. The number of aromatic nitrogens is 1. The first kappa shape index (κ1) is 23.5. The Labute approximate surface area is 196 Å². The van der Waals surface area contributed by atoms with E-state index in [0.29, 0.717) is 18.0 Å². The summed E-state index contributed by atoms with van der Waals surface area (Å²) in [5.74, 6) is -0.0469. The molecular formula is C26H33N3O3S. The largest absolute Gasteiger partial charge is 0.352 e. The minimum Gasteiger partial charge on any atom is -0.352 e. The van der Waals surface area contributed by atoms with Crippen molar-refractivity contribution < 1.29 is 13.2 Å². The van der Waals surface area contributed by atoms with E-state index in [-0.39, 0.29) is 18.5 Å². The Bertz CT molecular complexity index is 1180. The lowest BCUT2D eigenvalue weighted by molar-refractivity contribution is -0.122. The van der Waals surface area contributed by atoms with Crippen LogP contribution in [-0.4, -0.2) is 42.3 Å². The van der Waals surface area contributed by atoms with E-state index in [0.717, 1.165) is 49.4 Å². The molecule has 0 bridgehead atoms. The lowest BCUT2D eigenvalue weighted by atomic mass is 10.1. The smallest absolute Gasteiger partial charge is 0.243 e. The molecule has 0 radical (unpaired) electrons. The highest BCUT2D eigenvalue weighted by molar-refractivity contribution is 7.89. The van der Waals surface area contributed by atoms with Crippen LogP contribution in [0.25, 0.3) is 10.9 Å². The predicted octanol–water partition coefficient (Wildman–Crippen LogP) is 4.34. The van der Waals surface area contributed by atoms with Gasteiger partial charge in [-0.2, -0.15) is 4.31 Å². The topological polar surface area (TPSA) is 71.4 Å². The summed E-state index contributed by atoms with van der Waals surface area (Å²) in [6.45, 7) is 3.40. The van der Waals surface area contributed by atoms with Crippen LogP contribution in [0.3, 0.4) is 0 Å². The van der Waals surface area contributed by atoms with E-state index < -0.39 is 10.0 Å². The molecule has 1 unspecified atom stereocenters. The number of benzene rings is 2. The van der Waals surface area contributed by atoms with Gasteiger partial charge in [-0.3, -0.25) is 4.79 Å². The van der Waals surface area contributed by atoms with E-state index in [9.17, 15) is 13.2 Å². The molecule has 1 atom stereocenters. The first-order valence-electron chi connectivity index (χ1n) is 11.9. The zero-order valence-electron chi connectivity index (χ0n) is 19.2. The van der Waals surface area contributed by atoms with Crippen LogP contribution in [0, 0.1) is 0 Å². The fraction of sp³-hybridized carbons (Fsp3) is 0.423. The van der Waals surface area contributed by atoms with E-state index in [1.165, 1.54) is 5.56 Å². The standard InChI is InChI=1S/C26H33N3O3S/c1-21(11-12-22-9-5-4-6-10-22)27-26(30)20-28-18-15-23-19-24(13-14-25(23)28)33(31,32)29-16-7-2-3-8-17-29/h4-6,9-10,13-15,18-19,21H,2-3,7-8,11-12,16-17,20H2,1H3,(H,27,30). The number of nitrogens with one attached hydrogen (secondary N) is 1. The van der Waals surface area contributed by atoms with Gasteiger partial charge in [-0.05, 0) is 62.4 Å². The highest BCUT2D eigenvalue weighted by Crippen LogP contribution is 2.25. The monoisotopic (exact) mass is 467 g/mol. The summed E-state index contributed by atoms with van der Waals surface area (Å²) in [7, 11) is -3.49. The molecule has 176 valence electrons. The van der Waals surface area contributed by atoms with E-state index in [1.807, 2.05) is 48.0 Å². The molecule has 3 aromatic rings. The molecule has 1 N–H and O–H groups in total. The summed E-state index contributed by atoms with van der Waals surface area (Å²) >= 11 is 0. The van der Waals surface area contributed by atoms with Crippen molar-refractivity contribution in [2.24, 2.45) is 0 Å². The van der Waals surface area contributed by atoms with E-state index in [4.69, 9.17) is 0 Å². The number of sulfonamides is 1. The normalized spacial score (nSPS) is 16.4. The van der Waals surface area contributed by atoms with Gasteiger partial charge in [0.15, 0.2) is 0 Å². The number of carbonyl (C=O) groups excluding carboxylic acids is 1. The van der Waals surface area contributed by atoms with Gasteiger partial charge >= 0.3 is 0 Å². The Morgan fingerprint density at radius 1 is 1.00 bits per heavy atom. The van der Waals surface area contributed by atoms with Crippen molar-refractivity contribution in [1.82, 2.24) is 14.2 Å². The van der Waals surface area contributed by atoms with Gasteiger partial charge in [0.25, 0.3) is 0 Å². The molecule has 2 aromatic carbocycles. The van der Waals surface area contributed by atoms with Gasteiger partial charge in [0.05, 0.1) is 4.90 Å². The van der Waals surface area contributed by atoms with E-state index in [1.54, 1.807) is 16.4 Å². The van der Waals surface area contributed by atoms with Crippen molar-refractivity contribution >= 4 is 26.8 Å². The number of amides is 1. The molecule has 4 rings (SSSR count). The van der Waals surface area contributed by atoms with Gasteiger partial charge in [0.2, 0.25) is 15.9 Å². The quantitative estimate of drug-likeness (QED) is 0.536. The Hall–Kier alpha value is -2.64. The van der Waals surface area contributed by atoms with Gasteiger partial charge < -0.3 is 9.88 Å². The molecule has 33 heavy (non-hydrogen) atoms. The van der Waals surface area contributed by atoms with E-state index in [2.05, 4.69) is 17.4 Å². The minimum atomic E-state index is -3.49. The first-order chi connectivity index (χ1) is 15.9. The molecule has 0 spiro atoms. The third-order valence-electron chi connectivity index (χ3n) is 6.38. The predicted molar refractivity (Wildman–Crippen MR) is 132 cm³/mol. The molecule has 7 heteroatoms. The van der Waals surface area contributed by atoms with Gasteiger partial charge in [0, 0.05) is 36.2 Å². The molecule has 1 aromatic heterocycles. The third-order valence-corrected chi connectivity index (χ3v) is 8.27. The zero-order valence-corrected chi connectivity index (χ0v) is 20.1. The lowest BCUT2D eigenvalue weighted by Gasteiger charge is -2.20. The fourth-order valence-corrected chi connectivity index (χ4v) is 6.04. The molecule has 6 nitrogen and oxygen atoms in total. The van der Waals surface area contributed by atoms with Crippen LogP contribution in [0.2, 0.25) is 0 Å². The van der Waals surface area contributed by atoms with Crippen molar-refractivity contribution in [3.8, 4) is 0 Å². The number of aryl methyl sites for hydroxylation is 1. The lowest BCUT2D eigenvalue weighted by Crippen LogP contribution is -2.35. The number of carbonyl (C=O) groups is 1. The number of hydrogen-bond donors (Lipinski definition) is 1. The highest BCUT2D eigenvalue weighted by atomic mass is 32.2. The van der Waals surface area contributed by atoms with Crippen LogP contribution in [0.4, 0.5) is 0 Å². The van der Waals surface area contributed by atoms with Crippen molar-refractivity contribution in [3.63, 3.8) is 0 Å².